The lowest BCUT2D eigenvalue weighted by atomic mass is 10.4. The second kappa shape index (κ2) is 4.04. The van der Waals surface area contributed by atoms with Gasteiger partial charge in [0, 0.05) is 6.92 Å². The number of methoxy groups -OCH3 is 1. The summed E-state index contributed by atoms with van der Waals surface area (Å²) in [7, 11) is 1.28. The van der Waals surface area contributed by atoms with Gasteiger partial charge < -0.3 is 9.47 Å². The zero-order chi connectivity index (χ0) is 9.84. The van der Waals surface area contributed by atoms with E-state index in [4.69, 9.17) is 4.74 Å². The van der Waals surface area contributed by atoms with E-state index < -0.39 is 11.9 Å². The molecule has 5 heteroatoms. The predicted octanol–water partition coefficient (Wildman–Crippen LogP) is 1.46. The number of carbonyl (C=O) groups is 2. The molecule has 4 nitrogen and oxygen atoms in total. The van der Waals surface area contributed by atoms with Crippen LogP contribution in [0.2, 0.25) is 0 Å². The quantitative estimate of drug-likeness (QED) is 0.678. The molecular weight excluding hydrogens is 192 g/mol. The Labute approximate surface area is 79.1 Å². The summed E-state index contributed by atoms with van der Waals surface area (Å²) in [6.07, 6.45) is 0. The molecule has 70 valence electrons. The molecule has 13 heavy (non-hydrogen) atoms. The van der Waals surface area contributed by atoms with Crippen LogP contribution in [-0.4, -0.2) is 19.0 Å². The minimum atomic E-state index is -0.494. The Morgan fingerprint density at radius 2 is 2.15 bits per heavy atom. The van der Waals surface area contributed by atoms with E-state index in [-0.39, 0.29) is 5.75 Å². The maximum absolute atomic E-state index is 11.1. The predicted molar refractivity (Wildman–Crippen MR) is 47.0 cm³/mol. The molecule has 0 fully saturated rings. The smallest absolute Gasteiger partial charge is 0.351 e. The zero-order valence-electron chi connectivity index (χ0n) is 7.20. The van der Waals surface area contributed by atoms with Crippen molar-refractivity contribution in [3.63, 3.8) is 0 Å². The standard InChI is InChI=1S/C8H8O4S/c1-5(9)12-6-3-4-13-7(6)8(10)11-2/h3-4H,1-2H3. The van der Waals surface area contributed by atoms with Gasteiger partial charge in [0.15, 0.2) is 10.6 Å². The van der Waals surface area contributed by atoms with Crippen LogP contribution in [0.1, 0.15) is 16.6 Å². The average Bonchev–Trinajstić information content (AvgIpc) is 2.50. The normalized spacial score (nSPS) is 9.38. The van der Waals surface area contributed by atoms with Gasteiger partial charge in [0.25, 0.3) is 0 Å². The fraction of sp³-hybridized carbons (Fsp3) is 0.250. The number of esters is 2. The van der Waals surface area contributed by atoms with E-state index in [2.05, 4.69) is 4.74 Å². The maximum atomic E-state index is 11.1. The van der Waals surface area contributed by atoms with Crippen LogP contribution in [0.25, 0.3) is 0 Å². The number of hydrogen-bond acceptors (Lipinski definition) is 5. The van der Waals surface area contributed by atoms with Crippen molar-refractivity contribution in [3.8, 4) is 5.75 Å². The topological polar surface area (TPSA) is 52.6 Å². The molecule has 0 aliphatic heterocycles. The molecule has 0 aliphatic rings. The Kier molecular flexibility index (Phi) is 3.02. The minimum absolute atomic E-state index is 0.254. The molecule has 0 bridgehead atoms. The summed E-state index contributed by atoms with van der Waals surface area (Å²) in [5, 5.41) is 1.66. The van der Waals surface area contributed by atoms with Gasteiger partial charge in [-0.2, -0.15) is 0 Å². The van der Waals surface area contributed by atoms with Crippen LogP contribution in [0.15, 0.2) is 11.4 Å². The summed E-state index contributed by atoms with van der Waals surface area (Å²) in [5.74, 6) is -0.695. The third-order valence-corrected chi connectivity index (χ3v) is 2.13. The van der Waals surface area contributed by atoms with E-state index in [0.717, 1.165) is 0 Å². The Morgan fingerprint density at radius 1 is 1.46 bits per heavy atom. The minimum Gasteiger partial charge on any atom is -0.465 e. The van der Waals surface area contributed by atoms with Crippen LogP contribution in [0.3, 0.4) is 0 Å². The van der Waals surface area contributed by atoms with Gasteiger partial charge in [-0.1, -0.05) is 0 Å². The van der Waals surface area contributed by atoms with Crippen LogP contribution in [-0.2, 0) is 9.53 Å². The first kappa shape index (κ1) is 9.73. The zero-order valence-corrected chi connectivity index (χ0v) is 8.01. The van der Waals surface area contributed by atoms with Gasteiger partial charge in [-0.15, -0.1) is 11.3 Å². The molecule has 0 aliphatic carbocycles. The van der Waals surface area contributed by atoms with Crippen molar-refractivity contribution < 1.29 is 19.1 Å². The van der Waals surface area contributed by atoms with Crippen molar-refractivity contribution in [1.82, 2.24) is 0 Å². The van der Waals surface area contributed by atoms with Gasteiger partial charge in [0.2, 0.25) is 0 Å². The molecule has 0 atom stereocenters. The Bertz CT molecular complexity index is 329. The van der Waals surface area contributed by atoms with Crippen molar-refractivity contribution in [1.29, 1.82) is 0 Å². The third kappa shape index (κ3) is 2.29. The van der Waals surface area contributed by atoms with Crippen molar-refractivity contribution in [2.75, 3.05) is 7.11 Å². The first-order valence-corrected chi connectivity index (χ1v) is 4.37. The number of rotatable bonds is 2. The highest BCUT2D eigenvalue weighted by Gasteiger charge is 2.15. The van der Waals surface area contributed by atoms with E-state index in [1.54, 1.807) is 11.4 Å². The molecule has 0 N–H and O–H groups in total. The first-order chi connectivity index (χ1) is 6.15. The second-order valence-electron chi connectivity index (χ2n) is 2.20. The summed E-state index contributed by atoms with van der Waals surface area (Å²) in [6.45, 7) is 1.28. The number of thiophene rings is 1. The fourth-order valence-corrected chi connectivity index (χ4v) is 1.51. The highest BCUT2D eigenvalue weighted by Crippen LogP contribution is 2.25. The van der Waals surface area contributed by atoms with E-state index in [9.17, 15) is 9.59 Å². The van der Waals surface area contributed by atoms with E-state index in [0.29, 0.717) is 4.88 Å². The third-order valence-electron chi connectivity index (χ3n) is 1.25. The molecule has 0 radical (unpaired) electrons. The van der Waals surface area contributed by atoms with Crippen LogP contribution in [0.5, 0.6) is 5.75 Å². The lowest BCUT2D eigenvalue weighted by Crippen LogP contribution is -2.06. The highest BCUT2D eigenvalue weighted by molar-refractivity contribution is 7.12. The van der Waals surface area contributed by atoms with E-state index in [1.165, 1.54) is 25.4 Å². The lowest BCUT2D eigenvalue weighted by Gasteiger charge is -2.00. The molecule has 0 amide bonds. The van der Waals surface area contributed by atoms with Crippen LogP contribution >= 0.6 is 11.3 Å². The summed E-state index contributed by atoms with van der Waals surface area (Å²) in [5.41, 5.74) is 0. The van der Waals surface area contributed by atoms with Gasteiger partial charge in [0.1, 0.15) is 0 Å². The monoisotopic (exact) mass is 200 g/mol. The van der Waals surface area contributed by atoms with Gasteiger partial charge in [0.05, 0.1) is 7.11 Å². The van der Waals surface area contributed by atoms with Crippen molar-refractivity contribution in [2.24, 2.45) is 0 Å². The first-order valence-electron chi connectivity index (χ1n) is 3.49. The lowest BCUT2D eigenvalue weighted by molar-refractivity contribution is -0.131. The van der Waals surface area contributed by atoms with E-state index >= 15 is 0 Å². The summed E-state index contributed by atoms with van der Waals surface area (Å²) in [6, 6.07) is 1.55. The van der Waals surface area contributed by atoms with Gasteiger partial charge in [-0.25, -0.2) is 4.79 Å². The molecule has 1 aromatic rings. The van der Waals surface area contributed by atoms with Crippen molar-refractivity contribution in [2.45, 2.75) is 6.92 Å². The molecular formula is C8H8O4S. The molecule has 1 rings (SSSR count). The van der Waals surface area contributed by atoms with Crippen LogP contribution in [0.4, 0.5) is 0 Å². The molecule has 0 saturated carbocycles. The van der Waals surface area contributed by atoms with Gasteiger partial charge in [-0.05, 0) is 11.4 Å². The number of ether oxygens (including phenoxy) is 2. The molecule has 1 aromatic heterocycles. The van der Waals surface area contributed by atoms with E-state index in [1.807, 2.05) is 0 Å². The Hall–Kier alpha value is -1.36. The number of carbonyl (C=O) groups excluding carboxylic acids is 2. The Morgan fingerprint density at radius 3 is 2.69 bits per heavy atom. The summed E-state index contributed by atoms with van der Waals surface area (Å²) in [4.78, 5) is 22.0. The fourth-order valence-electron chi connectivity index (χ4n) is 0.774. The van der Waals surface area contributed by atoms with Crippen LogP contribution in [0, 0.1) is 0 Å². The number of hydrogen-bond donors (Lipinski definition) is 0. The molecule has 0 aromatic carbocycles. The van der Waals surface area contributed by atoms with Crippen LogP contribution < -0.4 is 4.74 Å². The van der Waals surface area contributed by atoms with Gasteiger partial charge >= 0.3 is 11.9 Å². The Balaban J connectivity index is 2.89. The molecule has 1 heterocycles. The largest absolute Gasteiger partial charge is 0.465 e. The molecule has 0 unspecified atom stereocenters. The maximum Gasteiger partial charge on any atom is 0.351 e. The van der Waals surface area contributed by atoms with Crippen molar-refractivity contribution in [3.05, 3.63) is 16.3 Å². The molecule has 0 saturated heterocycles. The average molecular weight is 200 g/mol. The SMILES string of the molecule is COC(=O)c1sccc1OC(C)=O. The summed E-state index contributed by atoms with van der Waals surface area (Å²) >= 11 is 1.17. The second-order valence-corrected chi connectivity index (χ2v) is 3.12. The summed E-state index contributed by atoms with van der Waals surface area (Å²) < 4.78 is 9.28. The highest BCUT2D eigenvalue weighted by atomic mass is 32.1. The van der Waals surface area contributed by atoms with Gasteiger partial charge in [-0.3, -0.25) is 4.79 Å². The molecule has 0 spiro atoms. The van der Waals surface area contributed by atoms with Crippen molar-refractivity contribution >= 4 is 23.3 Å².